The van der Waals surface area contributed by atoms with Gasteiger partial charge in [0.15, 0.2) is 0 Å². The number of hydrogen-bond donors (Lipinski definition) is 1. The Morgan fingerprint density at radius 3 is 2.28 bits per heavy atom. The molecule has 5 rings (SSSR count). The van der Waals surface area contributed by atoms with Crippen LogP contribution >= 0.6 is 0 Å². The molecule has 2 heterocycles. The fraction of sp³-hybridized carbons (Fsp3) is 0.240. The molecule has 1 fully saturated rings. The van der Waals surface area contributed by atoms with Crippen molar-refractivity contribution in [2.24, 2.45) is 0 Å². The lowest BCUT2D eigenvalue weighted by Gasteiger charge is -2.38. The van der Waals surface area contributed by atoms with Gasteiger partial charge in [-0.2, -0.15) is 13.2 Å². The third-order valence-corrected chi connectivity index (χ3v) is 6.06. The molecule has 1 amide bonds. The molecule has 1 saturated heterocycles. The van der Waals surface area contributed by atoms with Crippen LogP contribution in [0.5, 0.6) is 0 Å². The number of halogens is 3. The quantitative estimate of drug-likeness (QED) is 0.540. The van der Waals surface area contributed by atoms with Crippen molar-refractivity contribution in [3.63, 3.8) is 0 Å². The Morgan fingerprint density at radius 1 is 0.844 bits per heavy atom. The van der Waals surface area contributed by atoms with Gasteiger partial charge in [-0.3, -0.25) is 9.69 Å². The summed E-state index contributed by atoms with van der Waals surface area (Å²) in [6.07, 6.45) is -2.79. The minimum absolute atomic E-state index is 0.195. The molecule has 7 heteroatoms. The molecule has 3 aromatic carbocycles. The van der Waals surface area contributed by atoms with Crippen molar-refractivity contribution in [1.82, 2.24) is 0 Å². The van der Waals surface area contributed by atoms with Gasteiger partial charge >= 0.3 is 6.18 Å². The van der Waals surface area contributed by atoms with Crippen LogP contribution in [0.15, 0.2) is 72.8 Å². The van der Waals surface area contributed by atoms with Gasteiger partial charge in [0, 0.05) is 30.2 Å². The second-order valence-electron chi connectivity index (χ2n) is 8.10. The first-order valence-corrected chi connectivity index (χ1v) is 10.6. The van der Waals surface area contributed by atoms with E-state index in [-0.39, 0.29) is 11.6 Å². The molecule has 2 aliphatic rings. The summed E-state index contributed by atoms with van der Waals surface area (Å²) >= 11 is 0. The van der Waals surface area contributed by atoms with E-state index < -0.39 is 17.9 Å². The number of hydrogen-bond acceptors (Lipinski definition) is 3. The molecule has 1 N–H and O–H groups in total. The van der Waals surface area contributed by atoms with Gasteiger partial charge in [0.25, 0.3) is 5.91 Å². The average Bonchev–Trinajstić information content (AvgIpc) is 3.34. The number of nitrogens with zero attached hydrogens (tertiary/aromatic N) is 2. The summed E-state index contributed by atoms with van der Waals surface area (Å²) in [5.74, 6) is -0.340. The van der Waals surface area contributed by atoms with E-state index in [0.29, 0.717) is 11.3 Å². The fourth-order valence-electron chi connectivity index (χ4n) is 4.43. The normalized spacial score (nSPS) is 18.5. The Morgan fingerprint density at radius 2 is 1.56 bits per heavy atom. The van der Waals surface area contributed by atoms with Crippen LogP contribution in [-0.2, 0) is 6.18 Å². The van der Waals surface area contributed by atoms with Crippen LogP contribution in [-0.4, -0.2) is 19.0 Å². The highest BCUT2D eigenvalue weighted by molar-refractivity contribution is 6.12. The van der Waals surface area contributed by atoms with Crippen molar-refractivity contribution in [2.75, 3.05) is 28.2 Å². The van der Waals surface area contributed by atoms with Crippen molar-refractivity contribution in [1.29, 1.82) is 0 Å². The maximum Gasteiger partial charge on any atom is 0.416 e. The van der Waals surface area contributed by atoms with Crippen molar-refractivity contribution >= 4 is 23.0 Å². The van der Waals surface area contributed by atoms with Gasteiger partial charge in [-0.25, -0.2) is 0 Å². The Kier molecular flexibility index (Phi) is 5.04. The summed E-state index contributed by atoms with van der Waals surface area (Å²) in [5.41, 5.74) is 2.40. The highest BCUT2D eigenvalue weighted by Crippen LogP contribution is 2.39. The number of benzene rings is 3. The molecule has 3 aromatic rings. The molecule has 0 spiro atoms. The number of carbonyl (C=O) groups is 1. The van der Waals surface area contributed by atoms with Crippen molar-refractivity contribution in [3.8, 4) is 0 Å². The minimum Gasteiger partial charge on any atom is -0.372 e. The number of alkyl halides is 3. The van der Waals surface area contributed by atoms with Gasteiger partial charge in [-0.05, 0) is 60.9 Å². The summed E-state index contributed by atoms with van der Waals surface area (Å²) in [5, 5.41) is 3.35. The second-order valence-corrected chi connectivity index (χ2v) is 8.10. The van der Waals surface area contributed by atoms with Gasteiger partial charge in [0.1, 0.15) is 6.17 Å². The molecule has 164 valence electrons. The monoisotopic (exact) mass is 437 g/mol. The van der Waals surface area contributed by atoms with Crippen LogP contribution in [0.1, 0.15) is 40.5 Å². The average molecular weight is 437 g/mol. The van der Waals surface area contributed by atoms with E-state index in [2.05, 4.69) is 10.2 Å². The molecule has 0 unspecified atom stereocenters. The molecule has 0 aromatic heterocycles. The summed E-state index contributed by atoms with van der Waals surface area (Å²) in [4.78, 5) is 17.1. The third kappa shape index (κ3) is 3.68. The molecule has 0 radical (unpaired) electrons. The maximum atomic E-state index is 13.4. The predicted molar refractivity (Wildman–Crippen MR) is 119 cm³/mol. The number of amides is 1. The van der Waals surface area contributed by atoms with E-state index in [0.717, 1.165) is 36.5 Å². The number of para-hydroxylation sites is 1. The first kappa shape index (κ1) is 20.4. The zero-order chi connectivity index (χ0) is 22.3. The number of rotatable bonds is 3. The summed E-state index contributed by atoms with van der Waals surface area (Å²) in [6.45, 7) is 2.03. The fourth-order valence-corrected chi connectivity index (χ4v) is 4.43. The number of carbonyl (C=O) groups excluding carboxylic acids is 1. The Hall–Kier alpha value is -3.48. The molecule has 0 bridgehead atoms. The van der Waals surface area contributed by atoms with Crippen LogP contribution in [0.3, 0.4) is 0 Å². The summed E-state index contributed by atoms with van der Waals surface area (Å²) in [7, 11) is 0. The van der Waals surface area contributed by atoms with E-state index in [4.69, 9.17) is 0 Å². The smallest absolute Gasteiger partial charge is 0.372 e. The van der Waals surface area contributed by atoms with Gasteiger partial charge in [-0.15, -0.1) is 0 Å². The molecular weight excluding hydrogens is 415 g/mol. The van der Waals surface area contributed by atoms with Crippen LogP contribution in [0.2, 0.25) is 0 Å². The SMILES string of the molecule is O=C1c2ccccc2N[C@@H](c2ccc(N3CCCC3)cc2)N1c1cccc(C(F)(F)F)c1. The number of nitrogens with one attached hydrogen (secondary N) is 1. The van der Waals surface area contributed by atoms with Gasteiger partial charge in [0.2, 0.25) is 0 Å². The first-order valence-electron chi connectivity index (χ1n) is 10.6. The molecule has 0 saturated carbocycles. The van der Waals surface area contributed by atoms with E-state index in [1.54, 1.807) is 12.1 Å². The molecule has 4 nitrogen and oxygen atoms in total. The Balaban J connectivity index is 1.57. The lowest BCUT2D eigenvalue weighted by molar-refractivity contribution is -0.137. The van der Waals surface area contributed by atoms with Crippen molar-refractivity contribution < 1.29 is 18.0 Å². The Labute approximate surface area is 184 Å². The van der Waals surface area contributed by atoms with Crippen LogP contribution < -0.4 is 15.1 Å². The van der Waals surface area contributed by atoms with Crippen molar-refractivity contribution in [2.45, 2.75) is 25.2 Å². The molecule has 2 aliphatic heterocycles. The number of anilines is 3. The zero-order valence-corrected chi connectivity index (χ0v) is 17.3. The highest BCUT2D eigenvalue weighted by Gasteiger charge is 2.36. The van der Waals surface area contributed by atoms with E-state index in [1.165, 1.54) is 29.9 Å². The molecule has 32 heavy (non-hydrogen) atoms. The molecular formula is C25H22F3N3O. The zero-order valence-electron chi connectivity index (χ0n) is 17.3. The standard InChI is InChI=1S/C25H22F3N3O/c26-25(27,28)18-6-5-7-20(16-18)31-23(29-22-9-2-1-8-21(22)24(31)32)17-10-12-19(13-11-17)30-14-3-4-15-30/h1-2,5-13,16,23,29H,3-4,14-15H2/t23-/m1/s1. The summed E-state index contributed by atoms with van der Waals surface area (Å²) in [6, 6.07) is 19.9. The maximum absolute atomic E-state index is 13.4. The van der Waals surface area contributed by atoms with Gasteiger partial charge < -0.3 is 10.2 Å². The first-order chi connectivity index (χ1) is 15.4. The topological polar surface area (TPSA) is 35.6 Å². The van der Waals surface area contributed by atoms with Crippen LogP contribution in [0.25, 0.3) is 0 Å². The lowest BCUT2D eigenvalue weighted by atomic mass is 10.0. The third-order valence-electron chi connectivity index (χ3n) is 6.06. The lowest BCUT2D eigenvalue weighted by Crippen LogP contribution is -2.43. The second kappa shape index (κ2) is 7.89. The van der Waals surface area contributed by atoms with Gasteiger partial charge in [0.05, 0.1) is 11.1 Å². The van der Waals surface area contributed by atoms with E-state index in [1.807, 2.05) is 36.4 Å². The molecule has 1 atom stereocenters. The van der Waals surface area contributed by atoms with Crippen molar-refractivity contribution in [3.05, 3.63) is 89.5 Å². The van der Waals surface area contributed by atoms with Gasteiger partial charge in [-0.1, -0.05) is 30.3 Å². The van der Waals surface area contributed by atoms with E-state index >= 15 is 0 Å². The van der Waals surface area contributed by atoms with Crippen LogP contribution in [0, 0.1) is 0 Å². The van der Waals surface area contributed by atoms with E-state index in [9.17, 15) is 18.0 Å². The Bertz CT molecular complexity index is 1140. The highest BCUT2D eigenvalue weighted by atomic mass is 19.4. The largest absolute Gasteiger partial charge is 0.416 e. The molecule has 0 aliphatic carbocycles. The minimum atomic E-state index is -4.49. The van der Waals surface area contributed by atoms with Crippen LogP contribution in [0.4, 0.5) is 30.2 Å². The predicted octanol–water partition coefficient (Wildman–Crippen LogP) is 6.08. The summed E-state index contributed by atoms with van der Waals surface area (Å²) < 4.78 is 40.1. The number of fused-ring (bicyclic) bond motifs is 1.